The van der Waals surface area contributed by atoms with Crippen molar-refractivity contribution < 1.29 is 18.3 Å². The normalized spacial score (nSPS) is 11.9. The maximum Gasteiger partial charge on any atom is 0.285 e. The van der Waals surface area contributed by atoms with E-state index >= 15 is 0 Å². The van der Waals surface area contributed by atoms with Crippen LogP contribution in [0.25, 0.3) is 10.9 Å². The standard InChI is InChI=1S/C21H17ClN4O4S2/c22-14-7-9-15(10-8-14)26(32(29,30)13-16-4-3-11-31-16)12-19(27)24-25-20-17-5-1-2-6-18(17)23-21(20)28/h1-11,23,28H,12-13H2. The second-order valence-corrected chi connectivity index (χ2v) is 10.1. The molecule has 2 aromatic carbocycles. The molecule has 0 aliphatic rings. The molecule has 0 saturated heterocycles. The molecule has 0 unspecified atom stereocenters. The Kier molecular flexibility index (Phi) is 6.26. The van der Waals surface area contributed by atoms with Crippen LogP contribution in [0.5, 0.6) is 5.88 Å². The zero-order chi connectivity index (χ0) is 22.7. The lowest BCUT2D eigenvalue weighted by Crippen LogP contribution is -2.36. The molecule has 0 saturated carbocycles. The summed E-state index contributed by atoms with van der Waals surface area (Å²) in [6, 6.07) is 16.6. The highest BCUT2D eigenvalue weighted by Gasteiger charge is 2.26. The Morgan fingerprint density at radius 3 is 2.56 bits per heavy atom. The van der Waals surface area contributed by atoms with E-state index in [1.165, 1.54) is 23.5 Å². The second kappa shape index (κ2) is 9.11. The number of benzene rings is 2. The number of halogens is 1. The monoisotopic (exact) mass is 488 g/mol. The van der Waals surface area contributed by atoms with Crippen molar-refractivity contribution in [2.75, 3.05) is 10.8 Å². The van der Waals surface area contributed by atoms with Gasteiger partial charge in [-0.05, 0) is 41.8 Å². The Morgan fingerprint density at radius 1 is 1.09 bits per heavy atom. The summed E-state index contributed by atoms with van der Waals surface area (Å²) in [5, 5.41) is 20.4. The summed E-state index contributed by atoms with van der Waals surface area (Å²) in [5.74, 6) is -1.29. The van der Waals surface area contributed by atoms with Gasteiger partial charge in [0.25, 0.3) is 5.91 Å². The fourth-order valence-corrected chi connectivity index (χ4v) is 5.78. The van der Waals surface area contributed by atoms with Gasteiger partial charge in [0.05, 0.1) is 11.2 Å². The zero-order valence-electron chi connectivity index (χ0n) is 16.5. The van der Waals surface area contributed by atoms with Gasteiger partial charge in [0, 0.05) is 15.3 Å². The van der Waals surface area contributed by atoms with Crippen molar-refractivity contribution in [3.8, 4) is 5.88 Å². The number of hydrogen-bond acceptors (Lipinski definition) is 6. The van der Waals surface area contributed by atoms with Gasteiger partial charge in [0.15, 0.2) is 5.69 Å². The van der Waals surface area contributed by atoms with E-state index in [0.29, 0.717) is 20.8 Å². The molecule has 164 valence electrons. The number of thiophene rings is 1. The third-order valence-corrected chi connectivity index (χ3v) is 7.55. The predicted molar refractivity (Wildman–Crippen MR) is 125 cm³/mol. The molecule has 1 amide bonds. The van der Waals surface area contributed by atoms with Crippen molar-refractivity contribution in [1.82, 2.24) is 4.98 Å². The van der Waals surface area contributed by atoms with Crippen LogP contribution >= 0.6 is 22.9 Å². The average molecular weight is 489 g/mol. The molecule has 2 heterocycles. The smallest absolute Gasteiger partial charge is 0.285 e. The molecule has 2 N–H and O–H groups in total. The molecule has 0 aliphatic heterocycles. The first-order valence-corrected chi connectivity index (χ1v) is 12.2. The van der Waals surface area contributed by atoms with Gasteiger partial charge in [0.1, 0.15) is 12.3 Å². The lowest BCUT2D eigenvalue weighted by atomic mass is 10.2. The van der Waals surface area contributed by atoms with E-state index in [2.05, 4.69) is 15.2 Å². The first-order chi connectivity index (χ1) is 15.3. The number of aromatic nitrogens is 1. The summed E-state index contributed by atoms with van der Waals surface area (Å²) in [7, 11) is -3.90. The van der Waals surface area contributed by atoms with Crippen LogP contribution in [0, 0.1) is 0 Å². The summed E-state index contributed by atoms with van der Waals surface area (Å²) in [4.78, 5) is 16.0. The number of nitrogens with one attached hydrogen (secondary N) is 1. The molecule has 11 heteroatoms. The summed E-state index contributed by atoms with van der Waals surface area (Å²) >= 11 is 7.24. The van der Waals surface area contributed by atoms with E-state index in [0.717, 1.165) is 4.31 Å². The number of amides is 1. The van der Waals surface area contributed by atoms with Crippen LogP contribution in [0.3, 0.4) is 0 Å². The maximum atomic E-state index is 13.1. The van der Waals surface area contributed by atoms with Crippen molar-refractivity contribution in [3.63, 3.8) is 0 Å². The molecule has 0 radical (unpaired) electrons. The number of aromatic amines is 1. The van der Waals surface area contributed by atoms with E-state index < -0.39 is 22.5 Å². The molecule has 0 bridgehead atoms. The van der Waals surface area contributed by atoms with Crippen molar-refractivity contribution in [3.05, 3.63) is 75.9 Å². The van der Waals surface area contributed by atoms with Gasteiger partial charge in [-0.15, -0.1) is 21.6 Å². The van der Waals surface area contributed by atoms with Crippen LogP contribution in [0.4, 0.5) is 11.4 Å². The first-order valence-electron chi connectivity index (χ1n) is 9.36. The van der Waals surface area contributed by atoms with Crippen molar-refractivity contribution in [1.29, 1.82) is 0 Å². The van der Waals surface area contributed by atoms with Gasteiger partial charge >= 0.3 is 0 Å². The van der Waals surface area contributed by atoms with Crippen LogP contribution in [-0.4, -0.2) is 31.0 Å². The van der Waals surface area contributed by atoms with Gasteiger partial charge in [-0.25, -0.2) is 8.42 Å². The Morgan fingerprint density at radius 2 is 1.84 bits per heavy atom. The van der Waals surface area contributed by atoms with Crippen LogP contribution < -0.4 is 4.31 Å². The number of azo groups is 1. The Bertz CT molecular complexity index is 1380. The molecule has 4 rings (SSSR count). The number of carbonyl (C=O) groups is 1. The lowest BCUT2D eigenvalue weighted by Gasteiger charge is -2.22. The number of anilines is 1. The molecular formula is C21H17ClN4O4S2. The van der Waals surface area contributed by atoms with Crippen molar-refractivity contribution in [2.45, 2.75) is 5.75 Å². The van der Waals surface area contributed by atoms with Gasteiger partial charge in [-0.1, -0.05) is 35.9 Å². The highest BCUT2D eigenvalue weighted by atomic mass is 35.5. The van der Waals surface area contributed by atoms with Crippen molar-refractivity contribution in [2.24, 2.45) is 10.2 Å². The molecule has 0 spiro atoms. The third kappa shape index (κ3) is 4.82. The van der Waals surface area contributed by atoms with Gasteiger partial charge in [-0.2, -0.15) is 0 Å². The fourth-order valence-electron chi connectivity index (χ4n) is 3.08. The second-order valence-electron chi connectivity index (χ2n) is 6.78. The number of aromatic hydroxyl groups is 1. The Hall–Kier alpha value is -3.21. The van der Waals surface area contributed by atoms with E-state index in [1.54, 1.807) is 53.9 Å². The molecule has 0 aliphatic carbocycles. The first kappa shape index (κ1) is 22.0. The fraction of sp³-hybridized carbons (Fsp3) is 0.0952. The van der Waals surface area contributed by atoms with Crippen LogP contribution in [0.15, 0.2) is 76.3 Å². The van der Waals surface area contributed by atoms with Crippen LogP contribution in [0.2, 0.25) is 5.02 Å². The van der Waals surface area contributed by atoms with E-state index in [-0.39, 0.29) is 23.0 Å². The maximum absolute atomic E-state index is 13.1. The molecule has 0 atom stereocenters. The minimum absolute atomic E-state index is 0.105. The third-order valence-electron chi connectivity index (χ3n) is 4.56. The number of carbonyl (C=O) groups excluding carboxylic acids is 1. The van der Waals surface area contributed by atoms with Gasteiger partial charge in [0.2, 0.25) is 15.9 Å². The Balaban J connectivity index is 1.61. The molecule has 0 fully saturated rings. The lowest BCUT2D eigenvalue weighted by molar-refractivity contribution is -0.116. The number of nitrogens with zero attached hydrogens (tertiary/aromatic N) is 3. The highest BCUT2D eigenvalue weighted by molar-refractivity contribution is 7.92. The topological polar surface area (TPSA) is 115 Å². The van der Waals surface area contributed by atoms with Crippen LogP contribution in [0.1, 0.15) is 4.88 Å². The number of sulfonamides is 1. The van der Waals surface area contributed by atoms with E-state index in [4.69, 9.17) is 11.6 Å². The molecule has 32 heavy (non-hydrogen) atoms. The summed E-state index contributed by atoms with van der Waals surface area (Å²) < 4.78 is 27.2. The zero-order valence-corrected chi connectivity index (χ0v) is 18.9. The number of fused-ring (bicyclic) bond motifs is 1. The summed E-state index contributed by atoms with van der Waals surface area (Å²) in [6.07, 6.45) is 0. The minimum atomic E-state index is -3.90. The van der Waals surface area contributed by atoms with E-state index in [1.807, 2.05) is 0 Å². The Labute approximate surface area is 192 Å². The highest BCUT2D eigenvalue weighted by Crippen LogP contribution is 2.35. The number of para-hydroxylation sites is 1. The molecule has 2 aromatic heterocycles. The van der Waals surface area contributed by atoms with Gasteiger partial charge < -0.3 is 10.1 Å². The quantitative estimate of drug-likeness (QED) is 0.346. The molecular weight excluding hydrogens is 472 g/mol. The van der Waals surface area contributed by atoms with Gasteiger partial charge in [-0.3, -0.25) is 9.10 Å². The van der Waals surface area contributed by atoms with E-state index in [9.17, 15) is 18.3 Å². The number of rotatable bonds is 7. The summed E-state index contributed by atoms with van der Waals surface area (Å²) in [6.45, 7) is -0.554. The predicted octanol–water partition coefficient (Wildman–Crippen LogP) is 5.24. The van der Waals surface area contributed by atoms with Crippen molar-refractivity contribution >= 4 is 61.1 Å². The minimum Gasteiger partial charge on any atom is -0.493 e. The molecule has 4 aromatic rings. The van der Waals surface area contributed by atoms with Crippen LogP contribution in [-0.2, 0) is 20.6 Å². The average Bonchev–Trinajstić information content (AvgIpc) is 3.37. The molecule has 8 nitrogen and oxygen atoms in total. The summed E-state index contributed by atoms with van der Waals surface area (Å²) in [5.41, 5.74) is 1.02. The largest absolute Gasteiger partial charge is 0.493 e. The number of H-pyrrole nitrogens is 1. The number of hydrogen-bond donors (Lipinski definition) is 2. The SMILES string of the molecule is O=C(CN(c1ccc(Cl)cc1)S(=O)(=O)Cc1cccs1)N=Nc1c(O)[nH]c2ccccc12.